The fourth-order valence-corrected chi connectivity index (χ4v) is 6.06. The van der Waals surface area contributed by atoms with E-state index in [9.17, 15) is 14.0 Å². The molecule has 1 aliphatic heterocycles. The Morgan fingerprint density at radius 3 is 2.65 bits per heavy atom. The molecule has 3 unspecified atom stereocenters. The van der Waals surface area contributed by atoms with Crippen molar-refractivity contribution in [1.82, 2.24) is 9.29 Å². The Labute approximate surface area is 228 Å². The molecule has 2 aromatic carbocycles. The van der Waals surface area contributed by atoms with Crippen LogP contribution in [-0.4, -0.2) is 21.0 Å². The summed E-state index contributed by atoms with van der Waals surface area (Å²) < 4.78 is 21.1. The Balaban J connectivity index is 1.55. The van der Waals surface area contributed by atoms with Crippen molar-refractivity contribution in [3.8, 4) is 5.88 Å². The van der Waals surface area contributed by atoms with E-state index in [-0.39, 0.29) is 23.9 Å². The first-order chi connectivity index (χ1) is 17.8. The Kier molecular flexibility index (Phi) is 7.07. The summed E-state index contributed by atoms with van der Waals surface area (Å²) in [5.74, 6) is -1.91. The fourth-order valence-electron chi connectivity index (χ4n) is 4.68. The predicted molar refractivity (Wildman–Crippen MR) is 144 cm³/mol. The van der Waals surface area contributed by atoms with Gasteiger partial charge >= 0.3 is 0 Å². The maximum absolute atomic E-state index is 13.7. The van der Waals surface area contributed by atoms with Gasteiger partial charge in [-0.2, -0.15) is 11.3 Å². The van der Waals surface area contributed by atoms with Gasteiger partial charge in [-0.05, 0) is 64.7 Å². The van der Waals surface area contributed by atoms with Gasteiger partial charge in [0.2, 0.25) is 11.8 Å². The summed E-state index contributed by atoms with van der Waals surface area (Å²) in [6.45, 7) is 1.80. The number of nitrogens with zero attached hydrogens (tertiary/aromatic N) is 2. The van der Waals surface area contributed by atoms with Gasteiger partial charge in [0, 0.05) is 17.5 Å². The summed E-state index contributed by atoms with van der Waals surface area (Å²) in [7, 11) is 0. The van der Waals surface area contributed by atoms with Crippen LogP contribution < -0.4 is 4.74 Å². The summed E-state index contributed by atoms with van der Waals surface area (Å²) in [4.78, 5) is 32.1. The average molecular weight is 553 g/mol. The second-order valence-electron chi connectivity index (χ2n) is 8.80. The van der Waals surface area contributed by atoms with E-state index in [1.165, 1.54) is 27.8 Å². The zero-order valence-corrected chi connectivity index (χ0v) is 22.1. The Bertz CT molecular complexity index is 1470. The fraction of sp³-hybridized carbons (Fsp3) is 0.179. The number of carbonyl (C=O) groups is 2. The van der Waals surface area contributed by atoms with Crippen molar-refractivity contribution in [2.45, 2.75) is 30.9 Å². The van der Waals surface area contributed by atoms with Gasteiger partial charge in [-0.1, -0.05) is 60.8 Å². The lowest BCUT2D eigenvalue weighted by molar-refractivity contribution is -0.142. The van der Waals surface area contributed by atoms with Crippen molar-refractivity contribution in [1.29, 1.82) is 0 Å². The zero-order chi connectivity index (χ0) is 26.2. The summed E-state index contributed by atoms with van der Waals surface area (Å²) in [5.41, 5.74) is 1.00. The number of benzene rings is 2. The van der Waals surface area contributed by atoms with Gasteiger partial charge < -0.3 is 4.74 Å². The molecule has 1 fully saturated rings. The van der Waals surface area contributed by atoms with Gasteiger partial charge in [0.15, 0.2) is 5.78 Å². The van der Waals surface area contributed by atoms with E-state index < -0.39 is 23.5 Å². The summed E-state index contributed by atoms with van der Waals surface area (Å²) in [5, 5.41) is 4.10. The first-order valence-corrected chi connectivity index (χ1v) is 13.3. The highest BCUT2D eigenvalue weighted by molar-refractivity contribution is 7.78. The van der Waals surface area contributed by atoms with E-state index in [2.05, 4.69) is 12.8 Å². The maximum atomic E-state index is 13.7. The predicted octanol–water partition coefficient (Wildman–Crippen LogP) is 6.75. The van der Waals surface area contributed by atoms with E-state index in [1.54, 1.807) is 61.5 Å². The van der Waals surface area contributed by atoms with Crippen LogP contribution in [0.4, 0.5) is 4.39 Å². The SMILES string of the molecule is CC(Oc1cccc(C2(c3ccsc3)CC(=O)C(c3ccccc3Cl)C(=O)N2S)n1)c1cccc(F)c1. The number of hydrogen-bond donors (Lipinski definition) is 1. The lowest BCUT2D eigenvalue weighted by atomic mass is 9.75. The van der Waals surface area contributed by atoms with Crippen LogP contribution in [0.5, 0.6) is 5.88 Å². The normalized spacial score (nSPS) is 20.6. The molecule has 5 rings (SSSR count). The van der Waals surface area contributed by atoms with Gasteiger partial charge in [0.25, 0.3) is 0 Å². The number of amides is 1. The standard InChI is InChI=1S/C28H22ClFN2O3S2/c1-17(18-6-4-7-20(30)14-18)35-25-11-5-10-24(31-25)28(19-12-13-37-16-19)15-23(33)26(27(34)32(28)36)21-8-2-3-9-22(21)29/h2-14,16-17,26,36H,15H2,1H3. The number of thiol groups is 1. The third kappa shape index (κ3) is 4.65. The molecule has 4 aromatic rings. The van der Waals surface area contributed by atoms with Crippen LogP contribution in [-0.2, 0) is 15.1 Å². The van der Waals surface area contributed by atoms with Crippen LogP contribution in [0.25, 0.3) is 0 Å². The number of carbonyl (C=O) groups excluding carboxylic acids is 2. The number of rotatable bonds is 6. The molecule has 0 aliphatic carbocycles. The maximum Gasteiger partial charge on any atom is 0.248 e. The second kappa shape index (κ2) is 10.3. The van der Waals surface area contributed by atoms with Crippen molar-refractivity contribution in [2.75, 3.05) is 0 Å². The smallest absolute Gasteiger partial charge is 0.248 e. The van der Waals surface area contributed by atoms with Crippen LogP contribution in [0.1, 0.15) is 47.8 Å². The number of aromatic nitrogens is 1. The quantitative estimate of drug-likeness (QED) is 0.212. The molecule has 1 aliphatic rings. The monoisotopic (exact) mass is 552 g/mol. The minimum atomic E-state index is -1.25. The molecule has 1 saturated heterocycles. The van der Waals surface area contributed by atoms with Crippen molar-refractivity contribution >= 4 is 47.4 Å². The average Bonchev–Trinajstić information content (AvgIpc) is 3.43. The number of hydrogen-bond acceptors (Lipinski definition) is 6. The first-order valence-electron chi connectivity index (χ1n) is 11.5. The van der Waals surface area contributed by atoms with Crippen LogP contribution >= 0.6 is 35.8 Å². The van der Waals surface area contributed by atoms with Gasteiger partial charge in [0.05, 0.1) is 5.69 Å². The van der Waals surface area contributed by atoms with Gasteiger partial charge in [-0.15, -0.1) is 0 Å². The van der Waals surface area contributed by atoms with E-state index >= 15 is 0 Å². The molecule has 5 nitrogen and oxygen atoms in total. The van der Waals surface area contributed by atoms with Crippen LogP contribution in [0.2, 0.25) is 5.02 Å². The molecular formula is C28H22ClFN2O3S2. The molecule has 0 radical (unpaired) electrons. The number of ketones is 1. The zero-order valence-electron chi connectivity index (χ0n) is 19.7. The number of halogens is 2. The minimum absolute atomic E-state index is 0.0508. The third-order valence-electron chi connectivity index (χ3n) is 6.55. The number of pyridine rings is 1. The number of thiophene rings is 1. The summed E-state index contributed by atoms with van der Waals surface area (Å²) in [6, 6.07) is 20.0. The molecule has 0 N–H and O–H groups in total. The third-order valence-corrected chi connectivity index (χ3v) is 8.11. The molecule has 188 valence electrons. The van der Waals surface area contributed by atoms with Gasteiger partial charge in [0.1, 0.15) is 23.4 Å². The van der Waals surface area contributed by atoms with Crippen LogP contribution in [0.3, 0.4) is 0 Å². The molecule has 3 heterocycles. The van der Waals surface area contributed by atoms with Crippen LogP contribution in [0.15, 0.2) is 83.6 Å². The Morgan fingerprint density at radius 2 is 1.92 bits per heavy atom. The lowest BCUT2D eigenvalue weighted by Crippen LogP contribution is -2.54. The number of piperidine rings is 1. The molecule has 3 atom stereocenters. The molecule has 0 spiro atoms. The van der Waals surface area contributed by atoms with E-state index in [4.69, 9.17) is 21.3 Å². The molecular weight excluding hydrogens is 531 g/mol. The van der Waals surface area contributed by atoms with Crippen molar-refractivity contribution < 1.29 is 18.7 Å². The first kappa shape index (κ1) is 25.4. The topological polar surface area (TPSA) is 59.5 Å². The second-order valence-corrected chi connectivity index (χ2v) is 10.4. The molecule has 0 bridgehead atoms. The van der Waals surface area contributed by atoms with Crippen molar-refractivity contribution in [3.05, 3.63) is 117 Å². The molecule has 37 heavy (non-hydrogen) atoms. The highest BCUT2D eigenvalue weighted by atomic mass is 35.5. The van der Waals surface area contributed by atoms with Crippen molar-refractivity contribution in [2.24, 2.45) is 0 Å². The number of Topliss-reactive ketones (excluding diaryl/α,β-unsaturated/α-hetero) is 1. The molecule has 0 saturated carbocycles. The molecule has 9 heteroatoms. The minimum Gasteiger partial charge on any atom is -0.470 e. The Morgan fingerprint density at radius 1 is 1.14 bits per heavy atom. The largest absolute Gasteiger partial charge is 0.470 e. The molecule has 2 aromatic heterocycles. The van der Waals surface area contributed by atoms with Gasteiger partial charge in [-0.25, -0.2) is 9.37 Å². The van der Waals surface area contributed by atoms with E-state index in [0.717, 1.165) is 5.56 Å². The summed E-state index contributed by atoms with van der Waals surface area (Å²) >= 11 is 12.5. The van der Waals surface area contributed by atoms with Gasteiger partial charge in [-0.3, -0.25) is 13.9 Å². The Hall–Kier alpha value is -3.20. The van der Waals surface area contributed by atoms with E-state index in [1.807, 2.05) is 16.8 Å². The van der Waals surface area contributed by atoms with Crippen LogP contribution in [0, 0.1) is 5.82 Å². The highest BCUT2D eigenvalue weighted by Crippen LogP contribution is 2.48. The number of ether oxygens (including phenoxy) is 1. The highest BCUT2D eigenvalue weighted by Gasteiger charge is 2.53. The lowest BCUT2D eigenvalue weighted by Gasteiger charge is -2.45. The molecule has 1 amide bonds. The summed E-state index contributed by atoms with van der Waals surface area (Å²) in [6.07, 6.45) is -0.535. The van der Waals surface area contributed by atoms with E-state index in [0.29, 0.717) is 21.8 Å². The van der Waals surface area contributed by atoms with Crippen molar-refractivity contribution in [3.63, 3.8) is 0 Å².